The number of nitrogens with one attached hydrogen (secondary N) is 1. The van der Waals surface area contributed by atoms with Crippen molar-refractivity contribution < 1.29 is 4.79 Å². The van der Waals surface area contributed by atoms with E-state index in [1.54, 1.807) is 0 Å². The normalized spacial score (nSPS) is 10.6. The number of pyridine rings is 1. The monoisotopic (exact) mass is 264 g/mol. The Morgan fingerprint density at radius 1 is 1.47 bits per heavy atom. The molecule has 19 heavy (non-hydrogen) atoms. The van der Waals surface area contributed by atoms with E-state index in [9.17, 15) is 4.79 Å². The minimum absolute atomic E-state index is 0.00815. The molecule has 3 N–H and O–H groups in total. The number of nitrogens with zero attached hydrogens (tertiary/aromatic N) is 2. The van der Waals surface area contributed by atoms with Crippen LogP contribution in [0.25, 0.3) is 0 Å². The molecule has 1 heterocycles. The smallest absolute Gasteiger partial charge is 0.239 e. The van der Waals surface area contributed by atoms with Crippen molar-refractivity contribution in [3.8, 4) is 0 Å². The van der Waals surface area contributed by atoms with E-state index < -0.39 is 0 Å². The summed E-state index contributed by atoms with van der Waals surface area (Å²) in [4.78, 5) is 18.0. The maximum Gasteiger partial charge on any atom is 0.239 e. The summed E-state index contributed by atoms with van der Waals surface area (Å²) in [5.41, 5.74) is 7.58. The van der Waals surface area contributed by atoms with Gasteiger partial charge in [0.1, 0.15) is 5.82 Å². The first-order chi connectivity index (χ1) is 8.92. The van der Waals surface area contributed by atoms with Crippen LogP contribution in [0.1, 0.15) is 25.1 Å². The van der Waals surface area contributed by atoms with E-state index in [0.29, 0.717) is 25.6 Å². The predicted octanol–water partition coefficient (Wildman–Crippen LogP) is 1.06. The van der Waals surface area contributed by atoms with Crippen molar-refractivity contribution in [1.82, 2.24) is 10.3 Å². The van der Waals surface area contributed by atoms with E-state index in [1.165, 1.54) is 0 Å². The van der Waals surface area contributed by atoms with Crippen molar-refractivity contribution in [2.45, 2.75) is 27.3 Å². The van der Waals surface area contributed by atoms with Gasteiger partial charge in [-0.25, -0.2) is 4.98 Å². The van der Waals surface area contributed by atoms with Gasteiger partial charge in [0.25, 0.3) is 0 Å². The molecule has 106 valence electrons. The van der Waals surface area contributed by atoms with Gasteiger partial charge in [0.05, 0.1) is 6.54 Å². The number of rotatable bonds is 6. The van der Waals surface area contributed by atoms with Crippen molar-refractivity contribution in [3.05, 3.63) is 23.4 Å². The Morgan fingerprint density at radius 2 is 2.16 bits per heavy atom. The Balaban J connectivity index is 2.64. The molecule has 1 aromatic heterocycles. The van der Waals surface area contributed by atoms with Gasteiger partial charge in [-0.1, -0.05) is 13.8 Å². The molecule has 0 saturated carbocycles. The van der Waals surface area contributed by atoms with Crippen LogP contribution < -0.4 is 16.0 Å². The second kappa shape index (κ2) is 7.09. The average molecular weight is 264 g/mol. The third-order valence-electron chi connectivity index (χ3n) is 2.71. The second-order valence-corrected chi connectivity index (χ2v) is 5.23. The summed E-state index contributed by atoms with van der Waals surface area (Å²) < 4.78 is 0. The highest BCUT2D eigenvalue weighted by Crippen LogP contribution is 2.13. The first-order valence-electron chi connectivity index (χ1n) is 6.57. The molecule has 0 spiro atoms. The fourth-order valence-corrected chi connectivity index (χ4v) is 1.70. The SMILES string of the molecule is Cc1cc(CN)cc(N(C)CC(=O)NCC(C)C)n1. The van der Waals surface area contributed by atoms with E-state index in [1.807, 2.05) is 31.0 Å². The summed E-state index contributed by atoms with van der Waals surface area (Å²) in [7, 11) is 1.86. The quantitative estimate of drug-likeness (QED) is 0.806. The summed E-state index contributed by atoms with van der Waals surface area (Å²) in [6, 6.07) is 3.87. The first kappa shape index (κ1) is 15.4. The highest BCUT2D eigenvalue weighted by Gasteiger charge is 2.10. The summed E-state index contributed by atoms with van der Waals surface area (Å²) in [5.74, 6) is 1.24. The lowest BCUT2D eigenvalue weighted by Crippen LogP contribution is -2.37. The molecule has 1 amide bonds. The van der Waals surface area contributed by atoms with E-state index in [0.717, 1.165) is 17.1 Å². The van der Waals surface area contributed by atoms with Crippen LogP contribution in [-0.4, -0.2) is 31.0 Å². The van der Waals surface area contributed by atoms with Gasteiger partial charge in [-0.3, -0.25) is 4.79 Å². The molecule has 1 aromatic rings. The zero-order chi connectivity index (χ0) is 14.4. The molecule has 5 heteroatoms. The molecule has 0 aliphatic heterocycles. The van der Waals surface area contributed by atoms with Crippen LogP contribution in [-0.2, 0) is 11.3 Å². The minimum Gasteiger partial charge on any atom is -0.354 e. The maximum absolute atomic E-state index is 11.8. The van der Waals surface area contributed by atoms with Gasteiger partial charge in [0, 0.05) is 25.8 Å². The lowest BCUT2D eigenvalue weighted by atomic mass is 10.2. The lowest BCUT2D eigenvalue weighted by molar-refractivity contribution is -0.119. The van der Waals surface area contributed by atoms with Crippen LogP contribution in [0.3, 0.4) is 0 Å². The number of carbonyl (C=O) groups is 1. The molecular formula is C14H24N4O. The number of carbonyl (C=O) groups excluding carboxylic acids is 1. The molecule has 0 saturated heterocycles. The van der Waals surface area contributed by atoms with Crippen LogP contribution in [0.2, 0.25) is 0 Å². The molecule has 0 atom stereocenters. The molecule has 0 aliphatic rings. The van der Waals surface area contributed by atoms with Gasteiger partial charge in [-0.15, -0.1) is 0 Å². The summed E-state index contributed by atoms with van der Waals surface area (Å²) >= 11 is 0. The zero-order valence-corrected chi connectivity index (χ0v) is 12.2. The highest BCUT2D eigenvalue weighted by atomic mass is 16.2. The van der Waals surface area contributed by atoms with Crippen molar-refractivity contribution in [2.24, 2.45) is 11.7 Å². The van der Waals surface area contributed by atoms with Crippen LogP contribution in [0.15, 0.2) is 12.1 Å². The largest absolute Gasteiger partial charge is 0.354 e. The Labute approximate surface area is 115 Å². The zero-order valence-electron chi connectivity index (χ0n) is 12.2. The number of hydrogen-bond donors (Lipinski definition) is 2. The number of amides is 1. The maximum atomic E-state index is 11.8. The number of nitrogens with two attached hydrogens (primary N) is 1. The molecule has 0 radical (unpaired) electrons. The van der Waals surface area contributed by atoms with Crippen LogP contribution in [0, 0.1) is 12.8 Å². The van der Waals surface area contributed by atoms with E-state index in [2.05, 4.69) is 24.1 Å². The van der Waals surface area contributed by atoms with E-state index in [-0.39, 0.29) is 5.91 Å². The Bertz CT molecular complexity index is 431. The standard InChI is InChI=1S/C14H24N4O/c1-10(2)8-16-14(19)9-18(4)13-6-12(7-15)5-11(3)17-13/h5-6,10H,7-9,15H2,1-4H3,(H,16,19). The van der Waals surface area contributed by atoms with Crippen molar-refractivity contribution in [2.75, 3.05) is 25.0 Å². The predicted molar refractivity (Wildman–Crippen MR) is 78.0 cm³/mol. The number of aromatic nitrogens is 1. The fourth-order valence-electron chi connectivity index (χ4n) is 1.70. The molecular weight excluding hydrogens is 240 g/mol. The number of likely N-dealkylation sites (N-methyl/N-ethyl adjacent to an activating group) is 1. The lowest BCUT2D eigenvalue weighted by Gasteiger charge is -2.19. The molecule has 1 rings (SSSR count). The van der Waals surface area contributed by atoms with E-state index in [4.69, 9.17) is 5.73 Å². The van der Waals surface area contributed by atoms with Crippen LogP contribution >= 0.6 is 0 Å². The van der Waals surface area contributed by atoms with E-state index >= 15 is 0 Å². The molecule has 0 bridgehead atoms. The van der Waals surface area contributed by atoms with Crippen molar-refractivity contribution >= 4 is 11.7 Å². The summed E-state index contributed by atoms with van der Waals surface area (Å²) in [5, 5.41) is 2.89. The minimum atomic E-state index is 0.00815. The molecule has 0 aliphatic carbocycles. The van der Waals surface area contributed by atoms with Gasteiger partial charge in [-0.2, -0.15) is 0 Å². The summed E-state index contributed by atoms with van der Waals surface area (Å²) in [6.45, 7) is 7.54. The van der Waals surface area contributed by atoms with Crippen LogP contribution in [0.5, 0.6) is 0 Å². The fraction of sp³-hybridized carbons (Fsp3) is 0.571. The third-order valence-corrected chi connectivity index (χ3v) is 2.71. The van der Waals surface area contributed by atoms with Gasteiger partial charge in [0.15, 0.2) is 0 Å². The Morgan fingerprint density at radius 3 is 2.74 bits per heavy atom. The van der Waals surface area contributed by atoms with Gasteiger partial charge in [0.2, 0.25) is 5.91 Å². The first-order valence-corrected chi connectivity index (χ1v) is 6.57. The van der Waals surface area contributed by atoms with Crippen molar-refractivity contribution in [1.29, 1.82) is 0 Å². The van der Waals surface area contributed by atoms with Gasteiger partial charge in [-0.05, 0) is 30.5 Å². The topological polar surface area (TPSA) is 71.2 Å². The highest BCUT2D eigenvalue weighted by molar-refractivity contribution is 5.80. The average Bonchev–Trinajstić information content (AvgIpc) is 2.35. The number of aryl methyl sites for hydroxylation is 1. The van der Waals surface area contributed by atoms with Crippen LogP contribution in [0.4, 0.5) is 5.82 Å². The molecule has 0 unspecified atom stereocenters. The number of hydrogen-bond acceptors (Lipinski definition) is 4. The molecule has 5 nitrogen and oxygen atoms in total. The summed E-state index contributed by atoms with van der Waals surface area (Å²) in [6.07, 6.45) is 0. The van der Waals surface area contributed by atoms with Gasteiger partial charge < -0.3 is 16.0 Å². The third kappa shape index (κ3) is 5.26. The Hall–Kier alpha value is -1.62. The van der Waals surface area contributed by atoms with Gasteiger partial charge >= 0.3 is 0 Å². The second-order valence-electron chi connectivity index (χ2n) is 5.23. The Kier molecular flexibility index (Phi) is 5.76. The van der Waals surface area contributed by atoms with Crippen molar-refractivity contribution in [3.63, 3.8) is 0 Å². The molecule has 0 fully saturated rings. The molecule has 0 aromatic carbocycles. The number of anilines is 1.